The van der Waals surface area contributed by atoms with E-state index in [0.29, 0.717) is 58.8 Å². The van der Waals surface area contributed by atoms with Crippen molar-refractivity contribution in [1.29, 1.82) is 0 Å². The van der Waals surface area contributed by atoms with E-state index >= 15 is 0 Å². The molecule has 10 nitrogen and oxygen atoms in total. The maximum absolute atomic E-state index is 13.4. The Labute approximate surface area is 346 Å². The van der Waals surface area contributed by atoms with Crippen molar-refractivity contribution in [1.82, 2.24) is 28.7 Å². The van der Waals surface area contributed by atoms with Gasteiger partial charge in [0.2, 0.25) is 23.6 Å². The molecule has 2 aromatic carbocycles. The second kappa shape index (κ2) is 17.7. The highest BCUT2D eigenvalue weighted by Crippen LogP contribution is 2.44. The zero-order chi connectivity index (χ0) is 42.1. The number of halogens is 2. The Bertz CT molecular complexity index is 2320. The van der Waals surface area contributed by atoms with Gasteiger partial charge in [-0.2, -0.15) is 0 Å². The summed E-state index contributed by atoms with van der Waals surface area (Å²) < 4.78 is 29.8. The Hall–Kier alpha value is -4.94. The monoisotopic (exact) mass is 808 g/mol. The van der Waals surface area contributed by atoms with Crippen LogP contribution in [0.2, 0.25) is 0 Å². The quantitative estimate of drug-likeness (QED) is 0.160. The molecule has 0 bridgehead atoms. The highest BCUT2D eigenvalue weighted by molar-refractivity contribution is 6.04. The van der Waals surface area contributed by atoms with Crippen LogP contribution in [0.25, 0.3) is 33.0 Å². The lowest BCUT2D eigenvalue weighted by atomic mass is 9.79. The summed E-state index contributed by atoms with van der Waals surface area (Å²) >= 11 is 0. The Morgan fingerprint density at radius 2 is 1.05 bits per heavy atom. The average molecular weight is 809 g/mol. The van der Waals surface area contributed by atoms with Crippen molar-refractivity contribution in [2.75, 3.05) is 65.7 Å². The molecular weight excluding hydrogens is 751 g/mol. The fourth-order valence-electron chi connectivity index (χ4n) is 10.1. The van der Waals surface area contributed by atoms with E-state index in [9.17, 15) is 28.0 Å². The van der Waals surface area contributed by atoms with E-state index in [2.05, 4.69) is 34.1 Å². The number of carbonyl (C=O) groups is 4. The zero-order valence-corrected chi connectivity index (χ0v) is 35.3. The average Bonchev–Trinajstić information content (AvgIpc) is 3.82. The minimum absolute atomic E-state index is 0.00822. The number of benzene rings is 2. The van der Waals surface area contributed by atoms with Crippen LogP contribution in [0.15, 0.2) is 60.9 Å². The molecule has 4 aromatic rings. The minimum atomic E-state index is -0.443. The Morgan fingerprint density at radius 1 is 0.627 bits per heavy atom. The molecule has 2 aliphatic carbocycles. The first-order chi connectivity index (χ1) is 28.5. The van der Waals surface area contributed by atoms with E-state index in [1.54, 1.807) is 23.0 Å². The minimum Gasteiger partial charge on any atom is -0.343 e. The summed E-state index contributed by atoms with van der Waals surface area (Å²) in [6, 6.07) is 12.2. The summed E-state index contributed by atoms with van der Waals surface area (Å²) in [5.74, 6) is -0.306. The largest absolute Gasteiger partial charge is 0.343 e. The normalized spacial score (nSPS) is 20.9. The van der Waals surface area contributed by atoms with E-state index in [1.807, 2.05) is 74.2 Å². The summed E-state index contributed by atoms with van der Waals surface area (Å²) in [4.78, 5) is 58.6. The fourth-order valence-corrected chi connectivity index (χ4v) is 10.1. The first kappa shape index (κ1) is 42.2. The van der Waals surface area contributed by atoms with Gasteiger partial charge in [-0.05, 0) is 92.5 Å². The number of nitrogens with zero attached hydrogens (tertiary/aromatic N) is 6. The molecule has 59 heavy (non-hydrogen) atoms. The van der Waals surface area contributed by atoms with Crippen LogP contribution in [-0.4, -0.2) is 130 Å². The van der Waals surface area contributed by atoms with E-state index < -0.39 is 6.67 Å². The summed E-state index contributed by atoms with van der Waals surface area (Å²) in [6.07, 6.45) is 10.1. The predicted octanol–water partition coefficient (Wildman–Crippen LogP) is 7.15. The van der Waals surface area contributed by atoms with Gasteiger partial charge in [0.1, 0.15) is 6.67 Å². The second-order valence-electron chi connectivity index (χ2n) is 16.1. The van der Waals surface area contributed by atoms with Crippen LogP contribution in [-0.2, 0) is 22.4 Å². The lowest BCUT2D eigenvalue weighted by molar-refractivity contribution is -0.135. The smallest absolute Gasteiger partial charge is 0.230 e. The van der Waals surface area contributed by atoms with Crippen LogP contribution >= 0.6 is 0 Å². The molecule has 2 aromatic heterocycles. The van der Waals surface area contributed by atoms with Crippen LogP contribution in [0, 0.1) is 11.8 Å². The van der Waals surface area contributed by atoms with Gasteiger partial charge in [-0.1, -0.05) is 36.4 Å². The number of carbonyl (C=O) groups excluding carboxylic acids is 4. The highest BCUT2D eigenvalue weighted by Gasteiger charge is 2.40. The summed E-state index contributed by atoms with van der Waals surface area (Å²) in [6.45, 7) is 15.1. The molecule has 0 N–H and O–H groups in total. The Kier molecular flexibility index (Phi) is 12.7. The molecular formula is C47H58F2N6O4. The third-order valence-electron chi connectivity index (χ3n) is 12.9. The Morgan fingerprint density at radius 3 is 1.42 bits per heavy atom. The van der Waals surface area contributed by atoms with Gasteiger partial charge in [-0.25, -0.2) is 4.39 Å². The molecule has 0 saturated carbocycles. The SMILES string of the molecule is CCN(CC)C(=O)[C@@H]1C=C2c3cccc4c3c(cn4C(C)=O)C[C@H]2N(CCCF)C1.CCN(CC)C(=O)[C@@H]1C=C2c3cccc4c3c(cn4C(C)=O)C[C@H]2N(CCF)C1. The van der Waals surface area contributed by atoms with E-state index in [-0.39, 0.29) is 54.2 Å². The first-order valence-corrected chi connectivity index (χ1v) is 21.4. The van der Waals surface area contributed by atoms with Crippen molar-refractivity contribution >= 4 is 56.6 Å². The van der Waals surface area contributed by atoms with Gasteiger partial charge in [0.25, 0.3) is 0 Å². The van der Waals surface area contributed by atoms with E-state index in [4.69, 9.17) is 0 Å². The number of alkyl halides is 2. The maximum atomic E-state index is 13.4. The van der Waals surface area contributed by atoms with Crippen molar-refractivity contribution in [3.8, 4) is 0 Å². The molecule has 314 valence electrons. The zero-order valence-electron chi connectivity index (χ0n) is 35.3. The predicted molar refractivity (Wildman–Crippen MR) is 230 cm³/mol. The molecule has 2 aliphatic heterocycles. The molecule has 0 fully saturated rings. The third-order valence-corrected chi connectivity index (χ3v) is 12.9. The number of amides is 2. The lowest BCUT2D eigenvalue weighted by Crippen LogP contribution is -2.49. The van der Waals surface area contributed by atoms with Gasteiger partial charge in [-0.15, -0.1) is 0 Å². The van der Waals surface area contributed by atoms with Gasteiger partial charge >= 0.3 is 0 Å². The first-order valence-electron chi connectivity index (χ1n) is 21.4. The van der Waals surface area contributed by atoms with Crippen LogP contribution in [0.1, 0.15) is 79.8 Å². The van der Waals surface area contributed by atoms with Crippen LogP contribution in [0.3, 0.4) is 0 Å². The number of hydrogen-bond donors (Lipinski definition) is 0. The molecule has 0 unspecified atom stereocenters. The molecule has 4 heterocycles. The summed E-state index contributed by atoms with van der Waals surface area (Å²) in [5.41, 5.74) is 8.48. The number of fused-ring (bicyclic) bond motifs is 4. The maximum Gasteiger partial charge on any atom is 0.230 e. The van der Waals surface area contributed by atoms with Crippen molar-refractivity contribution < 1.29 is 28.0 Å². The van der Waals surface area contributed by atoms with Gasteiger partial charge in [0.05, 0.1) is 29.5 Å². The third kappa shape index (κ3) is 7.70. The number of aromatic nitrogens is 2. The van der Waals surface area contributed by atoms with Crippen molar-refractivity contribution in [2.24, 2.45) is 11.8 Å². The van der Waals surface area contributed by atoms with Gasteiger partial charge < -0.3 is 9.80 Å². The van der Waals surface area contributed by atoms with Crippen molar-refractivity contribution in [3.63, 3.8) is 0 Å². The summed E-state index contributed by atoms with van der Waals surface area (Å²) in [5, 5.41) is 2.19. The molecule has 0 spiro atoms. The van der Waals surface area contributed by atoms with Crippen molar-refractivity contribution in [2.45, 2.75) is 72.9 Å². The lowest BCUT2D eigenvalue weighted by Gasteiger charge is -2.42. The second-order valence-corrected chi connectivity index (χ2v) is 16.1. The molecule has 0 saturated heterocycles. The van der Waals surface area contributed by atoms with E-state index in [1.165, 1.54) is 0 Å². The topological polar surface area (TPSA) is 91.1 Å². The van der Waals surface area contributed by atoms with Crippen molar-refractivity contribution in [3.05, 3.63) is 83.2 Å². The summed E-state index contributed by atoms with van der Waals surface area (Å²) in [7, 11) is 0. The van der Waals surface area contributed by atoms with Crippen LogP contribution < -0.4 is 0 Å². The molecule has 2 amide bonds. The number of rotatable bonds is 11. The highest BCUT2D eigenvalue weighted by atomic mass is 19.1. The molecule has 4 atom stereocenters. The number of hydrogen-bond acceptors (Lipinski definition) is 6. The molecule has 12 heteroatoms. The standard InChI is InChI=1S/C24H30FN3O2.C23H28FN3O2/c1-4-26(5-2)24(30)18-12-20-19-8-6-9-21-23(19)17(15-28(21)16(3)29)13-22(20)27(14-18)11-7-10-25;1-4-25(5-2)23(29)17-11-19-18-7-6-8-20-22(18)16(14-27(20)15(3)28)12-21(19)26(13-17)10-9-24/h6,8-9,12,15,18,22H,4-5,7,10-11,13-14H2,1-3H3;6-8,11,14,17,21H,4-5,9-10,12-13H2,1-3H3/t18-,22-;17-,21-/m11/s1. The Balaban J connectivity index is 0.000000179. The fraction of sp³-hybridized carbons (Fsp3) is 0.489. The van der Waals surface area contributed by atoms with Crippen LogP contribution in [0.5, 0.6) is 0 Å². The van der Waals surface area contributed by atoms with E-state index in [0.717, 1.165) is 68.0 Å². The van der Waals surface area contributed by atoms with Gasteiger partial charge in [0, 0.05) is 101 Å². The molecule has 8 rings (SSSR count). The molecule has 4 aliphatic rings. The molecule has 0 radical (unpaired) electrons. The van der Waals surface area contributed by atoms with Crippen LogP contribution in [0.4, 0.5) is 8.78 Å². The van der Waals surface area contributed by atoms with Gasteiger partial charge in [0.15, 0.2) is 0 Å². The van der Waals surface area contributed by atoms with Gasteiger partial charge in [-0.3, -0.25) is 42.5 Å².